The minimum atomic E-state index is -0.0195. The highest BCUT2D eigenvalue weighted by Crippen LogP contribution is 2.59. The first-order chi connectivity index (χ1) is 6.27. The lowest BCUT2D eigenvalue weighted by molar-refractivity contribution is -0.145. The van der Waals surface area contributed by atoms with Gasteiger partial charge in [-0.1, -0.05) is 0 Å². The van der Waals surface area contributed by atoms with Gasteiger partial charge in [-0.2, -0.15) is 0 Å². The van der Waals surface area contributed by atoms with E-state index in [-0.39, 0.29) is 18.5 Å². The second-order valence-electron chi connectivity index (χ2n) is 4.13. The van der Waals surface area contributed by atoms with Crippen molar-refractivity contribution >= 4 is 5.97 Å². The first-order valence-electron chi connectivity index (χ1n) is 5.05. The van der Waals surface area contributed by atoms with Gasteiger partial charge in [0, 0.05) is 6.61 Å². The number of fused-ring (bicyclic) bond motifs is 1. The lowest BCUT2D eigenvalue weighted by Crippen LogP contribution is -2.13. The standard InChI is InChI=1S/C10H16O3/c1-2-13-10(12)9-7-3-6(5-11)4-8(7)9/h6-9,11H,2-5H2,1H3/t6?,7-,8-,9?/m0/s1. The summed E-state index contributed by atoms with van der Waals surface area (Å²) in [6.45, 7) is 2.60. The maximum absolute atomic E-state index is 11.3. The molecule has 2 saturated carbocycles. The molecule has 13 heavy (non-hydrogen) atoms. The Balaban J connectivity index is 1.81. The molecular formula is C10H16O3. The van der Waals surface area contributed by atoms with E-state index in [0.29, 0.717) is 24.4 Å². The van der Waals surface area contributed by atoms with E-state index in [1.807, 2.05) is 6.92 Å². The van der Waals surface area contributed by atoms with E-state index < -0.39 is 0 Å². The lowest BCUT2D eigenvalue weighted by Gasteiger charge is -2.09. The van der Waals surface area contributed by atoms with Gasteiger partial charge in [0.05, 0.1) is 12.5 Å². The third kappa shape index (κ3) is 1.46. The van der Waals surface area contributed by atoms with E-state index in [4.69, 9.17) is 9.84 Å². The summed E-state index contributed by atoms with van der Waals surface area (Å²) in [6.07, 6.45) is 2.04. The summed E-state index contributed by atoms with van der Waals surface area (Å²) in [5, 5.41) is 8.92. The van der Waals surface area contributed by atoms with E-state index >= 15 is 0 Å². The van der Waals surface area contributed by atoms with E-state index in [2.05, 4.69) is 0 Å². The number of hydrogen-bond donors (Lipinski definition) is 1. The summed E-state index contributed by atoms with van der Waals surface area (Å²) in [5.74, 6) is 1.64. The first-order valence-corrected chi connectivity index (χ1v) is 5.05. The molecule has 0 amide bonds. The highest BCUT2D eigenvalue weighted by molar-refractivity contribution is 5.76. The smallest absolute Gasteiger partial charge is 0.309 e. The summed E-state index contributed by atoms with van der Waals surface area (Å²) >= 11 is 0. The highest BCUT2D eigenvalue weighted by atomic mass is 16.5. The van der Waals surface area contributed by atoms with Crippen molar-refractivity contribution in [1.82, 2.24) is 0 Å². The molecule has 0 heterocycles. The van der Waals surface area contributed by atoms with Gasteiger partial charge < -0.3 is 9.84 Å². The summed E-state index contributed by atoms with van der Waals surface area (Å²) in [7, 11) is 0. The zero-order valence-electron chi connectivity index (χ0n) is 7.90. The topological polar surface area (TPSA) is 46.5 Å². The largest absolute Gasteiger partial charge is 0.466 e. The highest BCUT2D eigenvalue weighted by Gasteiger charge is 2.60. The molecule has 2 atom stereocenters. The Morgan fingerprint density at radius 3 is 2.54 bits per heavy atom. The second-order valence-corrected chi connectivity index (χ2v) is 4.13. The van der Waals surface area contributed by atoms with E-state index in [9.17, 15) is 4.79 Å². The Morgan fingerprint density at radius 1 is 1.46 bits per heavy atom. The Bertz CT molecular complexity index is 202. The average molecular weight is 184 g/mol. The van der Waals surface area contributed by atoms with Crippen LogP contribution in [-0.4, -0.2) is 24.3 Å². The van der Waals surface area contributed by atoms with E-state index in [1.165, 1.54) is 0 Å². The number of ether oxygens (including phenoxy) is 1. The van der Waals surface area contributed by atoms with Crippen LogP contribution >= 0.6 is 0 Å². The van der Waals surface area contributed by atoms with Crippen LogP contribution in [0.1, 0.15) is 19.8 Å². The molecule has 0 aliphatic heterocycles. The van der Waals surface area contributed by atoms with Crippen LogP contribution in [0.5, 0.6) is 0 Å². The van der Waals surface area contributed by atoms with Crippen molar-refractivity contribution in [2.75, 3.05) is 13.2 Å². The van der Waals surface area contributed by atoms with E-state index in [0.717, 1.165) is 12.8 Å². The molecule has 0 unspecified atom stereocenters. The zero-order valence-corrected chi connectivity index (χ0v) is 7.90. The molecule has 0 saturated heterocycles. The van der Waals surface area contributed by atoms with Crippen LogP contribution in [-0.2, 0) is 9.53 Å². The van der Waals surface area contributed by atoms with Gasteiger partial charge in [0.25, 0.3) is 0 Å². The predicted octanol–water partition coefficient (Wildman–Crippen LogP) is 0.814. The average Bonchev–Trinajstić information content (AvgIpc) is 2.63. The fourth-order valence-corrected chi connectivity index (χ4v) is 2.69. The van der Waals surface area contributed by atoms with Gasteiger partial charge in [-0.15, -0.1) is 0 Å². The Labute approximate surface area is 78.1 Å². The fourth-order valence-electron chi connectivity index (χ4n) is 2.69. The summed E-state index contributed by atoms with van der Waals surface area (Å²) in [4.78, 5) is 11.3. The number of aliphatic hydroxyl groups is 1. The normalized spacial score (nSPS) is 37.2. The SMILES string of the molecule is CCOC(=O)C1[C@H]2CC(CO)C[C@H]12. The maximum atomic E-state index is 11.3. The number of rotatable bonds is 3. The molecule has 3 heteroatoms. The van der Waals surface area contributed by atoms with Crippen LogP contribution in [0.2, 0.25) is 0 Å². The second kappa shape index (κ2) is 3.29. The molecule has 2 aliphatic rings. The number of carbonyl (C=O) groups is 1. The molecule has 0 radical (unpaired) electrons. The molecule has 74 valence electrons. The van der Waals surface area contributed by atoms with E-state index in [1.54, 1.807) is 0 Å². The van der Waals surface area contributed by atoms with Crippen molar-refractivity contribution in [2.45, 2.75) is 19.8 Å². The molecule has 0 aromatic heterocycles. The van der Waals surface area contributed by atoms with Crippen LogP contribution < -0.4 is 0 Å². The summed E-state index contributed by atoms with van der Waals surface area (Å²) < 4.78 is 4.97. The van der Waals surface area contributed by atoms with Crippen molar-refractivity contribution in [3.05, 3.63) is 0 Å². The maximum Gasteiger partial charge on any atom is 0.309 e. The fraction of sp³-hybridized carbons (Fsp3) is 0.900. The molecule has 2 aliphatic carbocycles. The Kier molecular flexibility index (Phi) is 2.28. The van der Waals surface area contributed by atoms with Crippen molar-refractivity contribution in [3.8, 4) is 0 Å². The predicted molar refractivity (Wildman–Crippen MR) is 46.9 cm³/mol. The van der Waals surface area contributed by atoms with Gasteiger partial charge >= 0.3 is 5.97 Å². The van der Waals surface area contributed by atoms with Gasteiger partial charge in [-0.05, 0) is 37.5 Å². The van der Waals surface area contributed by atoms with Gasteiger partial charge in [0.15, 0.2) is 0 Å². The van der Waals surface area contributed by atoms with Crippen molar-refractivity contribution in [1.29, 1.82) is 0 Å². The molecule has 0 spiro atoms. The van der Waals surface area contributed by atoms with Crippen molar-refractivity contribution < 1.29 is 14.6 Å². The molecule has 2 fully saturated rings. The van der Waals surface area contributed by atoms with Gasteiger partial charge in [0.2, 0.25) is 0 Å². The van der Waals surface area contributed by atoms with Crippen LogP contribution in [0.3, 0.4) is 0 Å². The lowest BCUT2D eigenvalue weighted by atomic mass is 10.0. The van der Waals surface area contributed by atoms with Crippen LogP contribution in [0.4, 0.5) is 0 Å². The number of carbonyl (C=O) groups excluding carboxylic acids is 1. The summed E-state index contributed by atoms with van der Waals surface area (Å²) in [6, 6.07) is 0. The van der Waals surface area contributed by atoms with Gasteiger partial charge in [0.1, 0.15) is 0 Å². The molecule has 0 aromatic rings. The zero-order chi connectivity index (χ0) is 9.42. The third-order valence-electron chi connectivity index (χ3n) is 3.36. The minimum Gasteiger partial charge on any atom is -0.466 e. The molecule has 0 bridgehead atoms. The molecule has 1 N–H and O–H groups in total. The van der Waals surface area contributed by atoms with Gasteiger partial charge in [-0.3, -0.25) is 4.79 Å². The molecule has 3 nitrogen and oxygen atoms in total. The number of hydrogen-bond acceptors (Lipinski definition) is 3. The minimum absolute atomic E-state index is 0.0195. The third-order valence-corrected chi connectivity index (χ3v) is 3.36. The van der Waals surface area contributed by atoms with Crippen LogP contribution in [0, 0.1) is 23.7 Å². The van der Waals surface area contributed by atoms with Gasteiger partial charge in [-0.25, -0.2) is 0 Å². The number of esters is 1. The van der Waals surface area contributed by atoms with Crippen molar-refractivity contribution in [2.24, 2.45) is 23.7 Å². The Morgan fingerprint density at radius 2 is 2.08 bits per heavy atom. The molecular weight excluding hydrogens is 168 g/mol. The Hall–Kier alpha value is -0.570. The summed E-state index contributed by atoms with van der Waals surface area (Å²) in [5.41, 5.74) is 0. The van der Waals surface area contributed by atoms with Crippen LogP contribution in [0.25, 0.3) is 0 Å². The number of aliphatic hydroxyl groups excluding tert-OH is 1. The monoisotopic (exact) mass is 184 g/mol. The van der Waals surface area contributed by atoms with Crippen LogP contribution in [0.15, 0.2) is 0 Å². The quantitative estimate of drug-likeness (QED) is 0.660. The molecule has 2 rings (SSSR count). The first kappa shape index (κ1) is 9.00. The molecule has 0 aromatic carbocycles. The van der Waals surface area contributed by atoms with Crippen molar-refractivity contribution in [3.63, 3.8) is 0 Å².